The molecule has 0 bridgehead atoms. The molecule has 0 aromatic carbocycles. The monoisotopic (exact) mass is 416 g/mol. The average molecular weight is 417 g/mol. The van der Waals surface area contributed by atoms with E-state index in [0.29, 0.717) is 12.8 Å². The summed E-state index contributed by atoms with van der Waals surface area (Å²) in [6, 6.07) is 0. The third-order valence-corrected chi connectivity index (χ3v) is 5.37. The first-order chi connectivity index (χ1) is 10.7. The van der Waals surface area contributed by atoms with Crippen molar-refractivity contribution in [2.45, 2.75) is 83.5 Å². The minimum absolute atomic E-state index is 0. The van der Waals surface area contributed by atoms with Crippen LogP contribution in [0.2, 0.25) is 0 Å². The molecule has 0 atom stereocenters. The van der Waals surface area contributed by atoms with Crippen molar-refractivity contribution in [1.82, 2.24) is 0 Å². The summed E-state index contributed by atoms with van der Waals surface area (Å²) in [4.78, 5) is 0. The molecule has 6 nitrogen and oxygen atoms in total. The third kappa shape index (κ3) is 30.8. The van der Waals surface area contributed by atoms with E-state index in [1.165, 1.54) is 19.3 Å². The van der Waals surface area contributed by atoms with Gasteiger partial charge in [0.25, 0.3) is 0 Å². The van der Waals surface area contributed by atoms with Crippen LogP contribution in [0, 0.1) is 0 Å². The van der Waals surface area contributed by atoms with Crippen LogP contribution in [0.25, 0.3) is 0 Å². The summed E-state index contributed by atoms with van der Waals surface area (Å²) < 4.78 is 62.4. The Balaban J connectivity index is -0.00000242. The van der Waals surface area contributed by atoms with Gasteiger partial charge in [-0.3, -0.25) is 0 Å². The topological polar surface area (TPSA) is 114 Å². The number of unbranched alkanes of at least 4 members (excludes halogenated alkanes) is 12. The summed E-state index contributed by atoms with van der Waals surface area (Å²) in [6.07, 6.45) is 12.5. The van der Waals surface area contributed by atoms with Gasteiger partial charge in [0.1, 0.15) is 0 Å². The van der Waals surface area contributed by atoms with Gasteiger partial charge in [0, 0.05) is 11.5 Å². The largest absolute Gasteiger partial charge is 1.00 e. The molecule has 10 heteroatoms. The zero-order valence-electron chi connectivity index (χ0n) is 15.9. The Kier molecular flexibility index (Phi) is 24.1. The molecule has 0 radical (unpaired) electrons. The van der Waals surface area contributed by atoms with E-state index in [-0.39, 0.29) is 70.6 Å². The molecule has 0 amide bonds. The molecular formula is C15H30Na2O6S2. The van der Waals surface area contributed by atoms with Gasteiger partial charge in [0.05, 0.1) is 20.2 Å². The molecule has 0 aliphatic heterocycles. The van der Waals surface area contributed by atoms with Crippen molar-refractivity contribution in [1.29, 1.82) is 0 Å². The maximum Gasteiger partial charge on any atom is 1.00 e. The van der Waals surface area contributed by atoms with Gasteiger partial charge in [-0.15, -0.1) is 0 Å². The van der Waals surface area contributed by atoms with Gasteiger partial charge in [-0.2, -0.15) is 0 Å². The molecule has 0 unspecified atom stereocenters. The minimum Gasteiger partial charge on any atom is -0.748 e. The fourth-order valence-electron chi connectivity index (χ4n) is 2.50. The predicted octanol–water partition coefficient (Wildman–Crippen LogP) is -2.84. The second-order valence-corrected chi connectivity index (χ2v) is 9.17. The zero-order valence-corrected chi connectivity index (χ0v) is 21.5. The summed E-state index contributed by atoms with van der Waals surface area (Å²) in [5, 5.41) is 0. The standard InChI is InChI=1S/C15H32O6S2.2Na/c16-22(17,18)14-12-10-8-6-4-2-1-3-5-7-9-11-13-15-23(19,20)21;;/h1-15H2,(H,16,17,18)(H,19,20,21);;/q;2*+1/p-2. The molecule has 0 spiro atoms. The van der Waals surface area contributed by atoms with Crippen molar-refractivity contribution in [3.8, 4) is 0 Å². The smallest absolute Gasteiger partial charge is 0.748 e. The van der Waals surface area contributed by atoms with Crippen LogP contribution in [0.15, 0.2) is 0 Å². The summed E-state index contributed by atoms with van der Waals surface area (Å²) >= 11 is 0. The molecule has 0 aromatic rings. The second kappa shape index (κ2) is 19.2. The SMILES string of the molecule is O=S(=O)([O-])CCCCCCCCCCCCCCCS(=O)(=O)[O-].[Na+].[Na+]. The van der Waals surface area contributed by atoms with E-state index in [2.05, 4.69) is 0 Å². The van der Waals surface area contributed by atoms with Crippen LogP contribution in [-0.4, -0.2) is 37.4 Å². The molecule has 0 N–H and O–H groups in total. The fraction of sp³-hybridized carbons (Fsp3) is 1.00. The van der Waals surface area contributed by atoms with Crippen molar-refractivity contribution < 1.29 is 85.1 Å². The minimum atomic E-state index is -4.04. The third-order valence-electron chi connectivity index (χ3n) is 3.79. The summed E-state index contributed by atoms with van der Waals surface area (Å²) in [5.74, 6) is -0.485. The Bertz CT molecular complexity index is 436. The van der Waals surface area contributed by atoms with Crippen molar-refractivity contribution in [3.05, 3.63) is 0 Å². The first-order valence-electron chi connectivity index (χ1n) is 8.58. The van der Waals surface area contributed by atoms with Gasteiger partial charge in [-0.25, -0.2) is 16.8 Å². The second-order valence-electron chi connectivity index (χ2n) is 6.12. The first kappa shape index (κ1) is 31.5. The number of hydrogen-bond donors (Lipinski definition) is 0. The van der Waals surface area contributed by atoms with Crippen LogP contribution in [0.3, 0.4) is 0 Å². The van der Waals surface area contributed by atoms with Crippen LogP contribution >= 0.6 is 0 Å². The molecule has 0 aromatic heterocycles. The number of rotatable bonds is 16. The maximum atomic E-state index is 10.4. The molecule has 0 rings (SSSR count). The predicted molar refractivity (Wildman–Crippen MR) is 89.1 cm³/mol. The van der Waals surface area contributed by atoms with Gasteiger partial charge >= 0.3 is 59.1 Å². The normalized spacial score (nSPS) is 11.6. The maximum absolute atomic E-state index is 10.4. The molecule has 0 fully saturated rings. The van der Waals surface area contributed by atoms with Crippen LogP contribution in [0.5, 0.6) is 0 Å². The van der Waals surface area contributed by atoms with Crippen LogP contribution in [-0.2, 0) is 20.2 Å². The van der Waals surface area contributed by atoms with Gasteiger partial charge in [-0.05, 0) is 12.8 Å². The molecular weight excluding hydrogens is 386 g/mol. The van der Waals surface area contributed by atoms with E-state index in [9.17, 15) is 25.9 Å². The molecule has 0 aliphatic carbocycles. The molecule has 140 valence electrons. The van der Waals surface area contributed by atoms with E-state index in [4.69, 9.17) is 0 Å². The van der Waals surface area contributed by atoms with Crippen LogP contribution in [0.4, 0.5) is 0 Å². The van der Waals surface area contributed by atoms with E-state index >= 15 is 0 Å². The van der Waals surface area contributed by atoms with Crippen molar-refractivity contribution >= 4 is 20.2 Å². The van der Waals surface area contributed by atoms with E-state index < -0.39 is 20.2 Å². The average Bonchev–Trinajstić information content (AvgIpc) is 2.40. The van der Waals surface area contributed by atoms with Gasteiger partial charge in [0.15, 0.2) is 0 Å². The first-order valence-corrected chi connectivity index (χ1v) is 11.7. The Morgan fingerprint density at radius 3 is 0.720 bits per heavy atom. The van der Waals surface area contributed by atoms with Crippen molar-refractivity contribution in [2.75, 3.05) is 11.5 Å². The zero-order chi connectivity index (χ0) is 17.6. The fourth-order valence-corrected chi connectivity index (χ4v) is 3.62. The van der Waals surface area contributed by atoms with Crippen LogP contribution in [0.1, 0.15) is 83.5 Å². The Morgan fingerprint density at radius 1 is 0.400 bits per heavy atom. The molecule has 0 heterocycles. The molecule has 0 aliphatic rings. The van der Waals surface area contributed by atoms with Crippen molar-refractivity contribution in [2.24, 2.45) is 0 Å². The Labute approximate surface area is 198 Å². The van der Waals surface area contributed by atoms with Crippen molar-refractivity contribution in [3.63, 3.8) is 0 Å². The van der Waals surface area contributed by atoms with Gasteiger partial charge in [0.2, 0.25) is 0 Å². The van der Waals surface area contributed by atoms with Crippen LogP contribution < -0.4 is 59.1 Å². The van der Waals surface area contributed by atoms with E-state index in [0.717, 1.165) is 51.4 Å². The quantitative estimate of drug-likeness (QED) is 0.152. The van der Waals surface area contributed by atoms with Gasteiger partial charge in [-0.1, -0.05) is 70.6 Å². The van der Waals surface area contributed by atoms with Gasteiger partial charge < -0.3 is 9.11 Å². The van der Waals surface area contributed by atoms with E-state index in [1.54, 1.807) is 0 Å². The summed E-state index contributed by atoms with van der Waals surface area (Å²) in [7, 11) is -8.09. The summed E-state index contributed by atoms with van der Waals surface area (Å²) in [5.41, 5.74) is 0. The molecule has 0 saturated heterocycles. The summed E-state index contributed by atoms with van der Waals surface area (Å²) in [6.45, 7) is 0. The molecule has 25 heavy (non-hydrogen) atoms. The Hall–Kier alpha value is 1.82. The number of hydrogen-bond acceptors (Lipinski definition) is 6. The van der Waals surface area contributed by atoms with E-state index in [1.807, 2.05) is 0 Å². The molecule has 0 saturated carbocycles. The Morgan fingerprint density at radius 2 is 0.560 bits per heavy atom.